The van der Waals surface area contributed by atoms with Crippen LogP contribution in [0.3, 0.4) is 0 Å². The van der Waals surface area contributed by atoms with E-state index in [-0.39, 0.29) is 6.09 Å². The van der Waals surface area contributed by atoms with Crippen molar-refractivity contribution in [2.75, 3.05) is 49.1 Å². The van der Waals surface area contributed by atoms with E-state index in [9.17, 15) is 10.1 Å². The van der Waals surface area contributed by atoms with Crippen LogP contribution in [0.2, 0.25) is 0 Å². The van der Waals surface area contributed by atoms with E-state index in [1.165, 1.54) is 16.8 Å². The lowest BCUT2D eigenvalue weighted by Crippen LogP contribution is -2.65. The second kappa shape index (κ2) is 10.3. The lowest BCUT2D eigenvalue weighted by molar-refractivity contribution is 0.0224. The highest BCUT2D eigenvalue weighted by atomic mass is 16.6. The highest BCUT2D eigenvalue weighted by molar-refractivity contribution is 5.95. The molecule has 2 aromatic carbocycles. The summed E-state index contributed by atoms with van der Waals surface area (Å²) in [7, 11) is 0. The molecule has 0 N–H and O–H groups in total. The first kappa shape index (κ1) is 26.4. The standard InChI is InChI=1S/C32H38N6O2/c1-22-18-37(29-11-10-23(17-33)30-27(29)8-6-13-34-30)21-25-20-35(15-16-38(22)25)28-9-5-7-24-19-36(14-12-26(24)28)31(39)40-32(2,3)4/h5-11,13,22,25H,12,14-16,18-21H2,1-4H3. The maximum absolute atomic E-state index is 12.7. The van der Waals surface area contributed by atoms with Crippen molar-refractivity contribution in [3.05, 3.63) is 65.4 Å². The van der Waals surface area contributed by atoms with Gasteiger partial charge < -0.3 is 19.4 Å². The third-order valence-corrected chi connectivity index (χ3v) is 8.45. The summed E-state index contributed by atoms with van der Waals surface area (Å²) in [5.41, 5.74) is 5.94. The summed E-state index contributed by atoms with van der Waals surface area (Å²) in [6, 6.07) is 17.7. The molecule has 2 fully saturated rings. The number of nitriles is 1. The Morgan fingerprint density at radius 1 is 1.00 bits per heavy atom. The van der Waals surface area contributed by atoms with Crippen LogP contribution in [0.5, 0.6) is 0 Å². The summed E-state index contributed by atoms with van der Waals surface area (Å²) in [4.78, 5) is 26.8. The van der Waals surface area contributed by atoms with E-state index in [0.29, 0.717) is 30.7 Å². The largest absolute Gasteiger partial charge is 0.444 e. The number of fused-ring (bicyclic) bond motifs is 3. The molecule has 8 nitrogen and oxygen atoms in total. The number of carbonyl (C=O) groups excluding carboxylic acids is 1. The van der Waals surface area contributed by atoms with E-state index in [1.54, 1.807) is 6.20 Å². The molecule has 0 radical (unpaired) electrons. The van der Waals surface area contributed by atoms with Crippen LogP contribution < -0.4 is 9.80 Å². The maximum atomic E-state index is 12.7. The zero-order valence-electron chi connectivity index (χ0n) is 23.9. The van der Waals surface area contributed by atoms with Gasteiger partial charge in [-0.15, -0.1) is 0 Å². The normalized spacial score (nSPS) is 21.5. The number of benzene rings is 2. The number of pyridine rings is 1. The van der Waals surface area contributed by atoms with Gasteiger partial charge in [0.15, 0.2) is 0 Å². The molecule has 3 aliphatic heterocycles. The molecule has 0 aliphatic carbocycles. The van der Waals surface area contributed by atoms with Gasteiger partial charge in [0.2, 0.25) is 0 Å². The number of anilines is 2. The van der Waals surface area contributed by atoms with Gasteiger partial charge in [0.05, 0.1) is 11.1 Å². The lowest BCUT2D eigenvalue weighted by atomic mass is 9.95. The van der Waals surface area contributed by atoms with Crippen LogP contribution in [0.4, 0.5) is 16.2 Å². The molecule has 40 heavy (non-hydrogen) atoms. The molecular formula is C32H38N6O2. The van der Waals surface area contributed by atoms with Gasteiger partial charge >= 0.3 is 6.09 Å². The van der Waals surface area contributed by atoms with Gasteiger partial charge in [-0.2, -0.15) is 5.26 Å². The minimum Gasteiger partial charge on any atom is -0.444 e. The second-order valence-electron chi connectivity index (χ2n) is 12.3. The summed E-state index contributed by atoms with van der Waals surface area (Å²) in [5.74, 6) is 0. The van der Waals surface area contributed by atoms with Crippen LogP contribution >= 0.6 is 0 Å². The predicted molar refractivity (Wildman–Crippen MR) is 158 cm³/mol. The van der Waals surface area contributed by atoms with Crippen molar-refractivity contribution in [3.8, 4) is 6.07 Å². The van der Waals surface area contributed by atoms with Gasteiger partial charge in [-0.25, -0.2) is 4.79 Å². The molecule has 3 aliphatic rings. The topological polar surface area (TPSA) is 75.9 Å². The minimum absolute atomic E-state index is 0.237. The first-order valence-electron chi connectivity index (χ1n) is 14.3. The van der Waals surface area contributed by atoms with Crippen LogP contribution in [0.25, 0.3) is 10.9 Å². The Morgan fingerprint density at radius 3 is 2.62 bits per heavy atom. The molecule has 0 bridgehead atoms. The average Bonchev–Trinajstić information content (AvgIpc) is 2.94. The molecule has 8 heteroatoms. The van der Waals surface area contributed by atoms with E-state index in [4.69, 9.17) is 4.74 Å². The lowest BCUT2D eigenvalue weighted by Gasteiger charge is -2.52. The zero-order valence-corrected chi connectivity index (χ0v) is 23.9. The number of hydrogen-bond donors (Lipinski definition) is 0. The Hall–Kier alpha value is -3.83. The molecule has 4 heterocycles. The number of piperazine rings is 2. The SMILES string of the molecule is CC1CN(c2ccc(C#N)c3ncccc23)CC2CN(c3cccc4c3CCN(C(=O)OC(C)(C)C)C4)CCN12. The molecular weight excluding hydrogens is 500 g/mol. The van der Waals surface area contributed by atoms with Gasteiger partial charge in [-0.3, -0.25) is 9.88 Å². The Labute approximate surface area is 236 Å². The van der Waals surface area contributed by atoms with E-state index in [1.807, 2.05) is 37.8 Å². The van der Waals surface area contributed by atoms with Gasteiger partial charge in [-0.1, -0.05) is 12.1 Å². The fourth-order valence-electron chi connectivity index (χ4n) is 6.67. The summed E-state index contributed by atoms with van der Waals surface area (Å²) in [5, 5.41) is 10.6. The van der Waals surface area contributed by atoms with Gasteiger partial charge in [0, 0.05) is 80.9 Å². The number of nitrogens with zero attached hydrogens (tertiary/aromatic N) is 6. The highest BCUT2D eigenvalue weighted by Gasteiger charge is 2.38. The van der Waals surface area contributed by atoms with Crippen molar-refractivity contribution in [1.29, 1.82) is 5.26 Å². The summed E-state index contributed by atoms with van der Waals surface area (Å²) in [6.45, 7) is 14.2. The summed E-state index contributed by atoms with van der Waals surface area (Å²) < 4.78 is 5.64. The molecule has 2 saturated heterocycles. The van der Waals surface area contributed by atoms with E-state index >= 15 is 0 Å². The Balaban J connectivity index is 1.22. The molecule has 2 atom stereocenters. The molecule has 208 valence electrons. The maximum Gasteiger partial charge on any atom is 0.410 e. The number of ether oxygens (including phenoxy) is 1. The Morgan fingerprint density at radius 2 is 1.82 bits per heavy atom. The van der Waals surface area contributed by atoms with Crippen LogP contribution in [0, 0.1) is 11.3 Å². The molecule has 6 rings (SSSR count). The quantitative estimate of drug-likeness (QED) is 0.464. The van der Waals surface area contributed by atoms with Crippen molar-refractivity contribution in [3.63, 3.8) is 0 Å². The zero-order chi connectivity index (χ0) is 28.0. The molecule has 2 unspecified atom stereocenters. The number of aromatic nitrogens is 1. The van der Waals surface area contributed by atoms with E-state index in [0.717, 1.165) is 55.7 Å². The van der Waals surface area contributed by atoms with Gasteiger partial charge in [0.25, 0.3) is 0 Å². The average molecular weight is 539 g/mol. The fraction of sp³-hybridized carbons (Fsp3) is 0.469. The molecule has 3 aromatic rings. The van der Waals surface area contributed by atoms with Crippen LogP contribution in [0.1, 0.15) is 44.4 Å². The second-order valence-corrected chi connectivity index (χ2v) is 12.3. The van der Waals surface area contributed by atoms with Gasteiger partial charge in [-0.05, 0) is 75.6 Å². The smallest absolute Gasteiger partial charge is 0.410 e. The highest BCUT2D eigenvalue weighted by Crippen LogP contribution is 2.35. The van der Waals surface area contributed by atoms with Crippen LogP contribution in [-0.2, 0) is 17.7 Å². The van der Waals surface area contributed by atoms with Crippen molar-refractivity contribution in [2.45, 2.75) is 58.3 Å². The van der Waals surface area contributed by atoms with Crippen LogP contribution in [0.15, 0.2) is 48.7 Å². The fourth-order valence-corrected chi connectivity index (χ4v) is 6.67. The predicted octanol–water partition coefficient (Wildman–Crippen LogP) is 4.80. The molecule has 0 spiro atoms. The first-order valence-corrected chi connectivity index (χ1v) is 14.3. The molecule has 0 saturated carbocycles. The van der Waals surface area contributed by atoms with E-state index in [2.05, 4.69) is 63.0 Å². The van der Waals surface area contributed by atoms with Gasteiger partial charge in [0.1, 0.15) is 11.7 Å². The van der Waals surface area contributed by atoms with Crippen molar-refractivity contribution in [1.82, 2.24) is 14.8 Å². The van der Waals surface area contributed by atoms with Crippen molar-refractivity contribution < 1.29 is 9.53 Å². The monoisotopic (exact) mass is 538 g/mol. The Bertz CT molecular complexity index is 1470. The Kier molecular flexibility index (Phi) is 6.79. The third-order valence-electron chi connectivity index (χ3n) is 8.45. The third kappa shape index (κ3) is 4.95. The molecule has 1 amide bonds. The number of rotatable bonds is 2. The molecule has 1 aromatic heterocycles. The minimum atomic E-state index is -0.496. The first-order chi connectivity index (χ1) is 19.2. The number of hydrogen-bond acceptors (Lipinski definition) is 7. The van der Waals surface area contributed by atoms with Crippen molar-refractivity contribution in [2.24, 2.45) is 0 Å². The number of carbonyl (C=O) groups is 1. The summed E-state index contributed by atoms with van der Waals surface area (Å²) in [6.07, 6.45) is 2.36. The number of amides is 1. The van der Waals surface area contributed by atoms with Crippen LogP contribution in [-0.4, -0.2) is 77.8 Å². The van der Waals surface area contributed by atoms with E-state index < -0.39 is 5.60 Å². The van der Waals surface area contributed by atoms with Crippen molar-refractivity contribution >= 4 is 28.4 Å². The summed E-state index contributed by atoms with van der Waals surface area (Å²) >= 11 is 0.